The summed E-state index contributed by atoms with van der Waals surface area (Å²) in [5.41, 5.74) is 6.10. The minimum atomic E-state index is 0.318. The van der Waals surface area contributed by atoms with E-state index in [0.717, 1.165) is 47.1 Å². The van der Waals surface area contributed by atoms with Crippen LogP contribution in [0, 0.1) is 5.92 Å². The van der Waals surface area contributed by atoms with Crippen LogP contribution in [0.15, 0.2) is 30.7 Å². The molecule has 0 aromatic carbocycles. The van der Waals surface area contributed by atoms with Crippen molar-refractivity contribution in [2.45, 2.75) is 33.1 Å². The molecule has 0 amide bonds. The van der Waals surface area contributed by atoms with Crippen LogP contribution in [0.2, 0.25) is 0 Å². The van der Waals surface area contributed by atoms with Crippen molar-refractivity contribution in [1.29, 1.82) is 0 Å². The fourth-order valence-corrected chi connectivity index (χ4v) is 4.24. The van der Waals surface area contributed by atoms with Gasteiger partial charge in [-0.25, -0.2) is 14.5 Å². The second kappa shape index (κ2) is 6.76. The summed E-state index contributed by atoms with van der Waals surface area (Å²) in [5.74, 6) is 2.88. The topological polar surface area (TPSA) is 71.3 Å². The highest BCUT2D eigenvalue weighted by atomic mass is 16.5. The number of ether oxygens (including phenoxy) is 1. The van der Waals surface area contributed by atoms with Gasteiger partial charge in [0.1, 0.15) is 12.1 Å². The van der Waals surface area contributed by atoms with Crippen molar-refractivity contribution < 1.29 is 4.74 Å². The van der Waals surface area contributed by atoms with E-state index in [1.807, 2.05) is 12.3 Å². The third-order valence-electron chi connectivity index (χ3n) is 5.95. The molecule has 0 saturated carbocycles. The highest BCUT2D eigenvalue weighted by Gasteiger charge is 2.27. The Labute approximate surface area is 169 Å². The summed E-state index contributed by atoms with van der Waals surface area (Å²) in [4.78, 5) is 15.3. The summed E-state index contributed by atoms with van der Waals surface area (Å²) in [5, 5.41) is 4.30. The van der Waals surface area contributed by atoms with E-state index in [4.69, 9.17) is 9.72 Å². The number of rotatable bonds is 5. The first kappa shape index (κ1) is 18.0. The Morgan fingerprint density at radius 3 is 2.83 bits per heavy atom. The van der Waals surface area contributed by atoms with Crippen LogP contribution in [0.25, 0.3) is 27.9 Å². The Balaban J connectivity index is 1.65. The molecule has 1 saturated heterocycles. The summed E-state index contributed by atoms with van der Waals surface area (Å²) in [6, 6.07) is 6.29. The van der Waals surface area contributed by atoms with Crippen LogP contribution in [0.1, 0.15) is 38.7 Å². The maximum Gasteiger partial charge on any atom is 0.197 e. The number of nitrogens with zero attached hydrogens (tertiary/aromatic N) is 5. The fourth-order valence-electron chi connectivity index (χ4n) is 4.24. The van der Waals surface area contributed by atoms with Crippen molar-refractivity contribution in [3.8, 4) is 17.0 Å². The highest BCUT2D eigenvalue weighted by molar-refractivity contribution is 5.90. The molecular formula is C22H26N6O. The molecule has 0 aliphatic carbocycles. The van der Waals surface area contributed by atoms with Gasteiger partial charge in [-0.15, -0.1) is 0 Å². The molecule has 0 atom stereocenters. The van der Waals surface area contributed by atoms with E-state index in [1.165, 1.54) is 12.0 Å². The van der Waals surface area contributed by atoms with Crippen molar-refractivity contribution in [3.63, 3.8) is 0 Å². The molecule has 7 heteroatoms. The molecule has 4 aromatic rings. The number of aromatic amines is 1. The van der Waals surface area contributed by atoms with Crippen LogP contribution in [0.3, 0.4) is 0 Å². The summed E-state index contributed by atoms with van der Waals surface area (Å²) in [7, 11) is 1.66. The maximum atomic E-state index is 5.56. The second-order valence-electron chi connectivity index (χ2n) is 8.14. The lowest BCUT2D eigenvalue weighted by atomic mass is 9.97. The normalized spacial score (nSPS) is 14.9. The number of hydrogen-bond donors (Lipinski definition) is 1. The predicted molar refractivity (Wildman–Crippen MR) is 115 cm³/mol. The molecule has 1 N–H and O–H groups in total. The molecule has 4 aromatic heterocycles. The number of pyridine rings is 2. The third-order valence-corrected chi connectivity index (χ3v) is 5.95. The molecule has 150 valence electrons. The smallest absolute Gasteiger partial charge is 0.197 e. The Kier molecular flexibility index (Phi) is 4.19. The van der Waals surface area contributed by atoms with Crippen LogP contribution >= 0.6 is 0 Å². The highest BCUT2D eigenvalue weighted by Crippen LogP contribution is 2.37. The molecule has 5 heterocycles. The van der Waals surface area contributed by atoms with Gasteiger partial charge in [-0.05, 0) is 36.5 Å². The lowest BCUT2D eigenvalue weighted by Crippen LogP contribution is -2.46. The molecule has 1 fully saturated rings. The number of methoxy groups -OCH3 is 1. The van der Waals surface area contributed by atoms with E-state index in [0.29, 0.717) is 17.3 Å². The number of nitrogens with one attached hydrogen (secondary N) is 1. The summed E-state index contributed by atoms with van der Waals surface area (Å²) in [6.45, 7) is 8.88. The zero-order chi connectivity index (χ0) is 20.1. The van der Waals surface area contributed by atoms with Gasteiger partial charge in [-0.1, -0.05) is 20.8 Å². The van der Waals surface area contributed by atoms with Gasteiger partial charge in [-0.3, -0.25) is 0 Å². The first-order chi connectivity index (χ1) is 14.1. The van der Waals surface area contributed by atoms with Crippen molar-refractivity contribution in [1.82, 2.24) is 24.6 Å². The predicted octanol–water partition coefficient (Wildman–Crippen LogP) is 4.25. The number of fused-ring (bicyclic) bond motifs is 2. The van der Waals surface area contributed by atoms with E-state index >= 15 is 0 Å². The molecule has 29 heavy (non-hydrogen) atoms. The standard InChI is InChI=1S/C22H26N6O/c1-5-14-9-27(10-14)18-7-6-16-21(26-18)19(13(2)3)20(25-16)15-8-17(29-4)22-23-12-24-28(22)11-15/h6-8,11-14,25H,5,9-10H2,1-4H3. The molecule has 0 bridgehead atoms. The number of aromatic nitrogens is 5. The van der Waals surface area contributed by atoms with Gasteiger partial charge in [0.15, 0.2) is 11.4 Å². The first-order valence-electron chi connectivity index (χ1n) is 10.2. The Hall–Kier alpha value is -3.09. The summed E-state index contributed by atoms with van der Waals surface area (Å²) >= 11 is 0. The maximum absolute atomic E-state index is 5.56. The second-order valence-corrected chi connectivity index (χ2v) is 8.14. The van der Waals surface area contributed by atoms with Crippen molar-refractivity contribution >= 4 is 22.5 Å². The zero-order valence-corrected chi connectivity index (χ0v) is 17.3. The lowest BCUT2D eigenvalue weighted by molar-refractivity contribution is 0.396. The first-order valence-corrected chi connectivity index (χ1v) is 10.2. The van der Waals surface area contributed by atoms with Gasteiger partial charge < -0.3 is 14.6 Å². The van der Waals surface area contributed by atoms with E-state index in [1.54, 1.807) is 18.0 Å². The van der Waals surface area contributed by atoms with Gasteiger partial charge in [0.2, 0.25) is 0 Å². The Bertz CT molecular complexity index is 1180. The van der Waals surface area contributed by atoms with E-state index in [9.17, 15) is 0 Å². The van der Waals surface area contributed by atoms with E-state index in [2.05, 4.69) is 52.9 Å². The molecule has 0 spiro atoms. The molecule has 7 nitrogen and oxygen atoms in total. The fraction of sp³-hybridized carbons (Fsp3) is 0.409. The van der Waals surface area contributed by atoms with Crippen LogP contribution in [-0.4, -0.2) is 44.8 Å². The molecular weight excluding hydrogens is 364 g/mol. The average Bonchev–Trinajstić information content (AvgIpc) is 3.30. The van der Waals surface area contributed by atoms with Gasteiger partial charge in [0.05, 0.1) is 23.8 Å². The Morgan fingerprint density at radius 2 is 2.10 bits per heavy atom. The SMILES string of the molecule is CCC1CN(c2ccc3[nH]c(-c4cc(OC)c5ncnn5c4)c(C(C)C)c3n2)C1. The minimum Gasteiger partial charge on any atom is -0.493 e. The number of anilines is 1. The van der Waals surface area contributed by atoms with Gasteiger partial charge in [0.25, 0.3) is 0 Å². The summed E-state index contributed by atoms with van der Waals surface area (Å²) in [6.07, 6.45) is 4.77. The molecule has 1 aliphatic heterocycles. The van der Waals surface area contributed by atoms with Crippen LogP contribution in [0.5, 0.6) is 5.75 Å². The van der Waals surface area contributed by atoms with Crippen molar-refractivity contribution in [2.75, 3.05) is 25.1 Å². The number of H-pyrrole nitrogens is 1. The number of hydrogen-bond acceptors (Lipinski definition) is 5. The largest absolute Gasteiger partial charge is 0.493 e. The van der Waals surface area contributed by atoms with Gasteiger partial charge >= 0.3 is 0 Å². The average molecular weight is 390 g/mol. The van der Waals surface area contributed by atoms with Crippen LogP contribution in [-0.2, 0) is 0 Å². The molecule has 0 radical (unpaired) electrons. The van der Waals surface area contributed by atoms with Crippen LogP contribution in [0.4, 0.5) is 5.82 Å². The van der Waals surface area contributed by atoms with E-state index in [-0.39, 0.29) is 0 Å². The molecule has 5 rings (SSSR count). The third kappa shape index (κ3) is 2.84. The zero-order valence-electron chi connectivity index (χ0n) is 17.3. The van der Waals surface area contributed by atoms with Gasteiger partial charge in [-0.2, -0.15) is 5.10 Å². The van der Waals surface area contributed by atoms with Crippen molar-refractivity contribution in [3.05, 3.63) is 36.3 Å². The van der Waals surface area contributed by atoms with Crippen LogP contribution < -0.4 is 9.64 Å². The molecule has 0 unspecified atom stereocenters. The summed E-state index contributed by atoms with van der Waals surface area (Å²) < 4.78 is 7.31. The lowest BCUT2D eigenvalue weighted by Gasteiger charge is -2.39. The van der Waals surface area contributed by atoms with E-state index < -0.39 is 0 Å². The monoisotopic (exact) mass is 390 g/mol. The Morgan fingerprint density at radius 1 is 1.28 bits per heavy atom. The van der Waals surface area contributed by atoms with Gasteiger partial charge in [0, 0.05) is 30.4 Å². The van der Waals surface area contributed by atoms with Crippen molar-refractivity contribution in [2.24, 2.45) is 5.92 Å². The quantitative estimate of drug-likeness (QED) is 0.552. The minimum absolute atomic E-state index is 0.318. The molecule has 1 aliphatic rings.